The monoisotopic (exact) mass is 340 g/mol. The number of aryl methyl sites for hydroxylation is 1. The highest BCUT2D eigenvalue weighted by Crippen LogP contribution is 2.28. The van der Waals surface area contributed by atoms with Crippen LogP contribution in [0.15, 0.2) is 30.6 Å². The number of nitrogens with zero attached hydrogens (tertiary/aromatic N) is 4. The van der Waals surface area contributed by atoms with Gasteiger partial charge in [0.2, 0.25) is 0 Å². The van der Waals surface area contributed by atoms with E-state index >= 15 is 0 Å². The maximum atomic E-state index is 13.5. The highest BCUT2D eigenvalue weighted by Gasteiger charge is 2.18. The van der Waals surface area contributed by atoms with Crippen LogP contribution in [-0.4, -0.2) is 37.7 Å². The molecule has 3 aromatic heterocycles. The number of nitrogens with one attached hydrogen (secondary N) is 2. The Labute approximate surface area is 140 Å². The number of carbonyl (C=O) groups is 1. The molecule has 0 fully saturated rings. The van der Waals surface area contributed by atoms with Gasteiger partial charge < -0.3 is 4.98 Å². The Morgan fingerprint density at radius 3 is 3.04 bits per heavy atom. The zero-order valence-corrected chi connectivity index (χ0v) is 13.4. The van der Waals surface area contributed by atoms with Gasteiger partial charge in [-0.2, -0.15) is 5.10 Å². The van der Waals surface area contributed by atoms with E-state index < -0.39 is 5.91 Å². The Bertz CT molecular complexity index is 1120. The maximum absolute atomic E-state index is 13.5. The van der Waals surface area contributed by atoms with Crippen molar-refractivity contribution in [1.82, 2.24) is 30.2 Å². The first-order chi connectivity index (χ1) is 12.1. The summed E-state index contributed by atoms with van der Waals surface area (Å²) in [5, 5.41) is 5.16. The quantitative estimate of drug-likeness (QED) is 0.556. The lowest BCUT2D eigenvalue weighted by Gasteiger charge is -2.01. The smallest absolute Gasteiger partial charge is 0.278 e. The topological polar surface area (TPSA) is 97.7 Å². The first-order valence-electron chi connectivity index (χ1n) is 7.38. The Kier molecular flexibility index (Phi) is 3.43. The third-order valence-corrected chi connectivity index (χ3v) is 3.88. The lowest BCUT2D eigenvalue weighted by Crippen LogP contribution is -2.21. The van der Waals surface area contributed by atoms with Gasteiger partial charge in [0.15, 0.2) is 5.65 Å². The summed E-state index contributed by atoms with van der Waals surface area (Å²) in [5.74, 6) is -0.777. The van der Waals surface area contributed by atoms with Gasteiger partial charge in [0.05, 0.1) is 24.4 Å². The summed E-state index contributed by atoms with van der Waals surface area (Å²) in [6, 6.07) is 4.42. The molecule has 3 heterocycles. The molecule has 9 heteroatoms. The second-order valence-corrected chi connectivity index (χ2v) is 5.42. The van der Waals surface area contributed by atoms with Crippen molar-refractivity contribution < 1.29 is 14.0 Å². The van der Waals surface area contributed by atoms with Crippen LogP contribution < -0.4 is 5.48 Å². The second-order valence-electron chi connectivity index (χ2n) is 5.42. The van der Waals surface area contributed by atoms with Gasteiger partial charge in [-0.05, 0) is 18.2 Å². The van der Waals surface area contributed by atoms with Crippen molar-refractivity contribution in [3.63, 3.8) is 0 Å². The number of benzene rings is 1. The maximum Gasteiger partial charge on any atom is 0.278 e. The van der Waals surface area contributed by atoms with E-state index in [0.29, 0.717) is 33.6 Å². The van der Waals surface area contributed by atoms with E-state index in [9.17, 15) is 9.18 Å². The molecular formula is C16H13FN6O2. The summed E-state index contributed by atoms with van der Waals surface area (Å²) < 4.78 is 15.1. The molecule has 0 spiro atoms. The van der Waals surface area contributed by atoms with E-state index in [1.54, 1.807) is 24.0 Å². The van der Waals surface area contributed by atoms with Gasteiger partial charge in [0.25, 0.3) is 5.91 Å². The molecule has 4 rings (SSSR count). The number of amides is 1. The van der Waals surface area contributed by atoms with Gasteiger partial charge in [-0.25, -0.2) is 19.8 Å². The van der Waals surface area contributed by atoms with Crippen LogP contribution in [0.2, 0.25) is 0 Å². The Morgan fingerprint density at radius 1 is 1.40 bits per heavy atom. The number of aromatic amines is 1. The number of H-pyrrole nitrogens is 1. The molecule has 0 bridgehead atoms. The van der Waals surface area contributed by atoms with Gasteiger partial charge >= 0.3 is 0 Å². The molecule has 0 saturated heterocycles. The van der Waals surface area contributed by atoms with Crippen molar-refractivity contribution in [1.29, 1.82) is 0 Å². The Morgan fingerprint density at radius 2 is 2.24 bits per heavy atom. The summed E-state index contributed by atoms with van der Waals surface area (Å²) in [7, 11) is 3.08. The van der Waals surface area contributed by atoms with Crippen LogP contribution >= 0.6 is 0 Å². The average Bonchev–Trinajstić information content (AvgIpc) is 3.16. The molecule has 0 aliphatic carbocycles. The van der Waals surface area contributed by atoms with E-state index in [0.717, 1.165) is 5.39 Å². The number of halogens is 1. The Hall–Kier alpha value is -3.33. The van der Waals surface area contributed by atoms with Gasteiger partial charge in [0.1, 0.15) is 22.7 Å². The number of aromatic nitrogens is 5. The number of hydroxylamine groups is 1. The summed E-state index contributed by atoms with van der Waals surface area (Å²) in [6.45, 7) is 0. The third-order valence-electron chi connectivity index (χ3n) is 3.88. The lowest BCUT2D eigenvalue weighted by molar-refractivity contribution is 0.0539. The summed E-state index contributed by atoms with van der Waals surface area (Å²) in [5.41, 5.74) is 5.10. The zero-order valence-electron chi connectivity index (χ0n) is 13.4. The fourth-order valence-electron chi connectivity index (χ4n) is 2.75. The minimum absolute atomic E-state index is 0.303. The van der Waals surface area contributed by atoms with Gasteiger partial charge in [-0.15, -0.1) is 0 Å². The number of carbonyl (C=O) groups excluding carboxylic acids is 1. The van der Waals surface area contributed by atoms with E-state index in [4.69, 9.17) is 0 Å². The fourth-order valence-corrected chi connectivity index (χ4v) is 2.75. The lowest BCUT2D eigenvalue weighted by atomic mass is 10.1. The van der Waals surface area contributed by atoms with Crippen LogP contribution in [0.5, 0.6) is 0 Å². The minimum atomic E-state index is -0.437. The third kappa shape index (κ3) is 2.41. The van der Waals surface area contributed by atoms with Crippen molar-refractivity contribution in [3.8, 4) is 11.4 Å². The minimum Gasteiger partial charge on any atom is -0.344 e. The van der Waals surface area contributed by atoms with Crippen LogP contribution in [0.3, 0.4) is 0 Å². The number of fused-ring (bicyclic) bond motifs is 2. The molecule has 1 amide bonds. The molecule has 8 nitrogen and oxygen atoms in total. The molecule has 0 radical (unpaired) electrons. The van der Waals surface area contributed by atoms with Crippen LogP contribution in [0.1, 0.15) is 10.4 Å². The molecule has 0 aliphatic heterocycles. The molecule has 126 valence electrons. The zero-order chi connectivity index (χ0) is 17.6. The van der Waals surface area contributed by atoms with Crippen molar-refractivity contribution >= 4 is 28.0 Å². The van der Waals surface area contributed by atoms with Crippen molar-refractivity contribution in [3.05, 3.63) is 42.0 Å². The summed E-state index contributed by atoms with van der Waals surface area (Å²) in [6.07, 6.45) is 3.07. The largest absolute Gasteiger partial charge is 0.344 e. The van der Waals surface area contributed by atoms with Crippen LogP contribution in [0, 0.1) is 5.82 Å². The highest BCUT2D eigenvalue weighted by atomic mass is 19.1. The van der Waals surface area contributed by atoms with Crippen molar-refractivity contribution in [2.45, 2.75) is 0 Å². The molecule has 4 aromatic rings. The molecule has 2 N–H and O–H groups in total. The molecule has 1 aromatic carbocycles. The fraction of sp³-hybridized carbons (Fsp3) is 0.125. The standard InChI is InChI=1S/C16H13FN6O2/c1-23-12-5-8(17)3-4-9(12)13(21-23)11-7-19-15-14(20-11)10(6-18-15)16(24)22-25-2/h3-7H,1-2H3,(H,18,19)(H,22,24). The molecular weight excluding hydrogens is 327 g/mol. The van der Waals surface area contributed by atoms with Gasteiger partial charge in [-0.1, -0.05) is 0 Å². The second kappa shape index (κ2) is 5.64. The SMILES string of the molecule is CONC(=O)c1c[nH]c2ncc(-c3nn(C)c4cc(F)ccc34)nc12. The average molecular weight is 340 g/mol. The molecule has 0 atom stereocenters. The number of rotatable bonds is 3. The van der Waals surface area contributed by atoms with Crippen molar-refractivity contribution in [2.24, 2.45) is 7.05 Å². The van der Waals surface area contributed by atoms with Crippen LogP contribution in [-0.2, 0) is 11.9 Å². The van der Waals surface area contributed by atoms with Crippen LogP contribution in [0.25, 0.3) is 33.5 Å². The summed E-state index contributed by atoms with van der Waals surface area (Å²) in [4.78, 5) is 28.4. The normalized spacial score (nSPS) is 11.3. The van der Waals surface area contributed by atoms with E-state index in [1.165, 1.54) is 25.4 Å². The predicted molar refractivity (Wildman–Crippen MR) is 88.0 cm³/mol. The van der Waals surface area contributed by atoms with E-state index in [1.807, 2.05) is 0 Å². The van der Waals surface area contributed by atoms with Crippen LogP contribution in [0.4, 0.5) is 4.39 Å². The highest BCUT2D eigenvalue weighted by molar-refractivity contribution is 6.04. The first kappa shape index (κ1) is 15.2. The number of hydrogen-bond acceptors (Lipinski definition) is 5. The van der Waals surface area contributed by atoms with E-state index in [-0.39, 0.29) is 5.82 Å². The van der Waals surface area contributed by atoms with Crippen molar-refractivity contribution in [2.75, 3.05) is 7.11 Å². The molecule has 0 saturated carbocycles. The summed E-state index contributed by atoms with van der Waals surface area (Å²) >= 11 is 0. The number of hydrogen-bond donors (Lipinski definition) is 2. The molecule has 0 unspecified atom stereocenters. The predicted octanol–water partition coefficient (Wildman–Crippen LogP) is 1.94. The van der Waals surface area contributed by atoms with Gasteiger partial charge in [0, 0.05) is 18.6 Å². The molecule has 25 heavy (non-hydrogen) atoms. The van der Waals surface area contributed by atoms with E-state index in [2.05, 4.69) is 30.4 Å². The Balaban J connectivity index is 1.90. The molecule has 0 aliphatic rings. The van der Waals surface area contributed by atoms with Gasteiger partial charge in [-0.3, -0.25) is 14.3 Å². The first-order valence-corrected chi connectivity index (χ1v) is 7.38.